The van der Waals surface area contributed by atoms with Crippen molar-refractivity contribution in [1.82, 2.24) is 9.97 Å². The zero-order valence-corrected chi connectivity index (χ0v) is 36.3. The zero-order chi connectivity index (χ0) is 37.3. The number of pyridine rings is 2. The molecule has 3 aromatic heterocycles. The molecule has 0 amide bonds. The molecule has 3 heterocycles. The first-order chi connectivity index (χ1) is 24.6. The van der Waals surface area contributed by atoms with Gasteiger partial charge in [0.1, 0.15) is 5.58 Å². The van der Waals surface area contributed by atoms with Gasteiger partial charge in [0.05, 0.1) is 13.7 Å². The number of hydrogen-bond donors (Lipinski definition) is 0. The van der Waals surface area contributed by atoms with E-state index >= 15 is 0 Å². The van der Waals surface area contributed by atoms with Crippen LogP contribution in [0, 0.1) is 29.9 Å². The average molecular weight is 893 g/mol. The minimum Gasteiger partial charge on any atom is -0.500 e. The summed E-state index contributed by atoms with van der Waals surface area (Å²) in [5, 5.41) is 3.72. The van der Waals surface area contributed by atoms with Crippen molar-refractivity contribution >= 4 is 35.2 Å². The molecule has 0 aliphatic rings. The van der Waals surface area contributed by atoms with Gasteiger partial charge in [-0.2, -0.15) is 0 Å². The van der Waals surface area contributed by atoms with Gasteiger partial charge < -0.3 is 14.4 Å². The second-order valence-corrected chi connectivity index (χ2v) is 22.5. The monoisotopic (exact) mass is 893 g/mol. The fraction of sp³-hybridized carbons (Fsp3) is 0.292. The van der Waals surface area contributed by atoms with Gasteiger partial charge in [0.15, 0.2) is 0 Å². The quantitative estimate of drug-likeness (QED) is 0.123. The van der Waals surface area contributed by atoms with Gasteiger partial charge in [-0.15, -0.1) is 59.7 Å². The summed E-state index contributed by atoms with van der Waals surface area (Å²) in [4.78, 5) is 9.44. The summed E-state index contributed by atoms with van der Waals surface area (Å²) in [5.74, 6) is 0. The Morgan fingerprint density at radius 3 is 1.96 bits per heavy atom. The van der Waals surface area contributed by atoms with Crippen LogP contribution >= 0.6 is 0 Å². The maximum absolute atomic E-state index is 6.16. The molecule has 0 N–H and O–H groups in total. The number of rotatable bonds is 6. The Hall–Kier alpha value is -4.15. The third-order valence-corrected chi connectivity index (χ3v) is 11.3. The van der Waals surface area contributed by atoms with Crippen LogP contribution in [-0.2, 0) is 32.9 Å². The van der Waals surface area contributed by atoms with Crippen molar-refractivity contribution in [2.75, 3.05) is 0 Å². The van der Waals surface area contributed by atoms with Crippen LogP contribution in [0.15, 0.2) is 114 Å². The van der Waals surface area contributed by atoms with Crippen molar-refractivity contribution in [2.24, 2.45) is 10.8 Å². The molecule has 275 valence electrons. The van der Waals surface area contributed by atoms with Gasteiger partial charge in [-0.1, -0.05) is 132 Å². The van der Waals surface area contributed by atoms with E-state index in [0.717, 1.165) is 57.3 Å². The summed E-state index contributed by atoms with van der Waals surface area (Å²) in [7, 11) is -1.37. The molecule has 0 spiro atoms. The van der Waals surface area contributed by atoms with Gasteiger partial charge >= 0.3 is 0 Å². The molecule has 0 saturated heterocycles. The van der Waals surface area contributed by atoms with Crippen molar-refractivity contribution in [2.45, 2.75) is 80.9 Å². The van der Waals surface area contributed by atoms with E-state index in [-0.39, 0.29) is 30.9 Å². The number of benzene rings is 4. The molecular weight excluding hydrogens is 841 g/mol. The van der Waals surface area contributed by atoms with Crippen molar-refractivity contribution in [3.05, 3.63) is 138 Å². The Morgan fingerprint density at radius 1 is 0.660 bits per heavy atom. The number of aryl methyl sites for hydroxylation is 1. The van der Waals surface area contributed by atoms with Crippen molar-refractivity contribution in [1.29, 1.82) is 0 Å². The van der Waals surface area contributed by atoms with Gasteiger partial charge in [-0.05, 0) is 69.9 Å². The van der Waals surface area contributed by atoms with Crippen LogP contribution in [0.5, 0.6) is 0 Å². The van der Waals surface area contributed by atoms with Crippen molar-refractivity contribution < 1.29 is 24.5 Å². The fourth-order valence-electron chi connectivity index (χ4n) is 6.84. The van der Waals surface area contributed by atoms with Crippen LogP contribution in [-0.4, -0.2) is 18.0 Å². The van der Waals surface area contributed by atoms with E-state index in [1.807, 2.05) is 42.6 Å². The molecule has 0 unspecified atom stereocenters. The summed E-state index contributed by atoms with van der Waals surface area (Å²) in [6.45, 7) is 23.0. The van der Waals surface area contributed by atoms with E-state index in [4.69, 9.17) is 14.4 Å². The molecular formula is C48H52IrN2OSi-2. The predicted molar refractivity (Wildman–Crippen MR) is 224 cm³/mol. The molecule has 0 atom stereocenters. The minimum absolute atomic E-state index is 0. The third-order valence-electron chi connectivity index (χ3n) is 9.23. The van der Waals surface area contributed by atoms with E-state index < -0.39 is 8.07 Å². The first kappa shape index (κ1) is 40.0. The molecule has 1 radical (unpaired) electrons. The molecule has 0 saturated carbocycles. The molecule has 53 heavy (non-hydrogen) atoms. The topological polar surface area (TPSA) is 38.9 Å². The number of hydrogen-bond acceptors (Lipinski definition) is 3. The van der Waals surface area contributed by atoms with E-state index in [2.05, 4.69) is 147 Å². The molecule has 5 heteroatoms. The normalized spacial score (nSPS) is 12.0. The van der Waals surface area contributed by atoms with Crippen LogP contribution in [0.1, 0.15) is 58.2 Å². The maximum Gasteiger partial charge on any atom is 0.121 e. The Bertz CT molecular complexity index is 2310. The van der Waals surface area contributed by atoms with E-state index in [0.29, 0.717) is 0 Å². The Morgan fingerprint density at radius 2 is 1.30 bits per heavy atom. The molecule has 4 aromatic carbocycles. The molecule has 0 fully saturated rings. The largest absolute Gasteiger partial charge is 0.500 e. The Kier molecular flexibility index (Phi) is 12.1. The predicted octanol–water partition coefficient (Wildman–Crippen LogP) is 12.7. The molecule has 0 bridgehead atoms. The number of nitrogens with zero attached hydrogens (tertiary/aromatic N) is 2. The molecule has 3 nitrogen and oxygen atoms in total. The average Bonchev–Trinajstić information content (AvgIpc) is 3.47. The maximum atomic E-state index is 6.16. The second-order valence-electron chi connectivity index (χ2n) is 17.5. The molecule has 0 aliphatic carbocycles. The van der Waals surface area contributed by atoms with Crippen LogP contribution in [0.3, 0.4) is 0 Å². The molecule has 7 aromatic rings. The van der Waals surface area contributed by atoms with Gasteiger partial charge in [-0.3, -0.25) is 0 Å². The van der Waals surface area contributed by atoms with Gasteiger partial charge in [-0.25, -0.2) is 0 Å². The van der Waals surface area contributed by atoms with Gasteiger partial charge in [0.25, 0.3) is 0 Å². The van der Waals surface area contributed by atoms with Crippen LogP contribution in [0.2, 0.25) is 19.6 Å². The number of fused-ring (bicyclic) bond motifs is 3. The molecule has 0 aliphatic heterocycles. The summed E-state index contributed by atoms with van der Waals surface area (Å²) in [6, 6.07) is 40.1. The first-order valence-corrected chi connectivity index (χ1v) is 21.9. The van der Waals surface area contributed by atoms with Crippen LogP contribution in [0.4, 0.5) is 0 Å². The summed E-state index contributed by atoms with van der Waals surface area (Å²) >= 11 is 0. The number of aromatic nitrogens is 2. The van der Waals surface area contributed by atoms with E-state index in [1.54, 1.807) is 0 Å². The van der Waals surface area contributed by atoms with E-state index in [9.17, 15) is 0 Å². The van der Waals surface area contributed by atoms with E-state index in [1.165, 1.54) is 33.0 Å². The third kappa shape index (κ3) is 9.89. The molecule has 7 rings (SSSR count). The standard InChI is InChI=1S/C29H26NO.C19H26NSi.Ir/c1-19-18-30-25(16-22(19)17-29(2,3)4)21-13-14-26-24(15-21)28-23(11-8-12-27(28)31-26)20-9-6-5-7-10-20;1-19(2,3)13-16-12-17(15-10-8-7-9-11-15)20-14-18(16)21(4,5)6;/h5-12,14-16,18H,17H2,1-4H3;7-10,12,14H,13H2,1-6H3;/q2*-1;. The fourth-order valence-corrected chi connectivity index (χ4v) is 8.42. The summed E-state index contributed by atoms with van der Waals surface area (Å²) < 4.78 is 6.16. The van der Waals surface area contributed by atoms with Crippen molar-refractivity contribution in [3.63, 3.8) is 0 Å². The minimum atomic E-state index is -1.37. The van der Waals surface area contributed by atoms with Gasteiger partial charge in [0, 0.05) is 37.9 Å². The van der Waals surface area contributed by atoms with Gasteiger partial charge in [0.2, 0.25) is 0 Å². The smallest absolute Gasteiger partial charge is 0.121 e. The summed E-state index contributed by atoms with van der Waals surface area (Å²) in [6.07, 6.45) is 6.21. The number of furan rings is 1. The SMILES string of the molecule is CC(C)(C)Cc1cc(-c2[c-]cccc2)ncc1[Si](C)(C)C.Cc1cnc(-c2[c-]cc3oc4cccc(-c5ccccc5)c4c3c2)cc1CC(C)(C)C.[Ir]. The zero-order valence-electron chi connectivity index (χ0n) is 32.9. The van der Waals surface area contributed by atoms with Crippen molar-refractivity contribution in [3.8, 4) is 33.6 Å². The summed E-state index contributed by atoms with van der Waals surface area (Å²) in [5.41, 5.74) is 12.7. The second kappa shape index (κ2) is 16.1. The van der Waals surface area contributed by atoms with Crippen LogP contribution in [0.25, 0.3) is 55.6 Å². The first-order valence-electron chi connectivity index (χ1n) is 18.4. The Balaban J connectivity index is 0.000000216. The Labute approximate surface area is 331 Å². The van der Waals surface area contributed by atoms with Crippen LogP contribution < -0.4 is 5.19 Å².